The highest BCUT2D eigenvalue weighted by molar-refractivity contribution is 5.94. The number of aliphatic imine (C=N–C) groups is 1. The average Bonchev–Trinajstić information content (AvgIpc) is 3.67. The van der Waals surface area contributed by atoms with E-state index >= 15 is 0 Å². The Morgan fingerprint density at radius 3 is 2.18 bits per heavy atom. The van der Waals surface area contributed by atoms with Gasteiger partial charge >= 0.3 is 12.1 Å². The highest BCUT2D eigenvalue weighted by Gasteiger charge is 2.39. The Hall–Kier alpha value is -5.82. The van der Waals surface area contributed by atoms with E-state index in [0.717, 1.165) is 11.1 Å². The van der Waals surface area contributed by atoms with Gasteiger partial charge in [-0.1, -0.05) is 66.1 Å². The number of guanidine groups is 1. The third-order valence-corrected chi connectivity index (χ3v) is 8.64. The molecule has 300 valence electrons. The minimum absolute atomic E-state index is 0.000582. The second kappa shape index (κ2) is 23.1. The van der Waals surface area contributed by atoms with E-state index in [0.29, 0.717) is 19.3 Å². The number of esters is 1. The standard InChI is InChI=1S/C36H51N9O10/c1-24(46)30(37)32(48)41-27(16-8-9-19-40-36(51)55-23-26-14-6-3-7-15-26)33(49)44-21-11-18-29(44)31(47)42-28(17-10-20-39-35(38)43-45(52)53)34(50)54-22-25-12-4-2-5-13-25/h2-7,12-15,24,27-30,46H,8-11,16-23,37H2,1H3,(H,40,51)(H,41,48)(H,42,47)(H3,38,39,43)/t24-,27+,28+,29+,30+/m1/s1. The number of amides is 4. The minimum atomic E-state index is -1.31. The highest BCUT2D eigenvalue weighted by Crippen LogP contribution is 2.21. The molecule has 2 aromatic rings. The Morgan fingerprint density at radius 1 is 0.945 bits per heavy atom. The molecule has 1 aliphatic heterocycles. The molecule has 2 aromatic carbocycles. The lowest BCUT2D eigenvalue weighted by atomic mass is 10.1. The minimum Gasteiger partial charge on any atom is -0.459 e. The van der Waals surface area contributed by atoms with Crippen LogP contribution in [-0.4, -0.2) is 101 Å². The van der Waals surface area contributed by atoms with Crippen molar-refractivity contribution in [3.8, 4) is 0 Å². The van der Waals surface area contributed by atoms with Gasteiger partial charge in [0, 0.05) is 19.6 Å². The van der Waals surface area contributed by atoms with Gasteiger partial charge in [0.2, 0.25) is 17.7 Å². The van der Waals surface area contributed by atoms with Gasteiger partial charge < -0.3 is 46.9 Å². The van der Waals surface area contributed by atoms with Crippen LogP contribution < -0.4 is 32.8 Å². The first-order chi connectivity index (χ1) is 26.3. The molecular weight excluding hydrogens is 718 g/mol. The summed E-state index contributed by atoms with van der Waals surface area (Å²) < 4.78 is 10.7. The number of nitrogens with two attached hydrogens (primary N) is 2. The average molecular weight is 770 g/mol. The molecule has 3 rings (SSSR count). The van der Waals surface area contributed by atoms with E-state index in [1.807, 2.05) is 36.4 Å². The third kappa shape index (κ3) is 15.6. The number of nitrogens with one attached hydrogen (secondary N) is 4. The van der Waals surface area contributed by atoms with E-state index in [4.69, 9.17) is 20.9 Å². The fourth-order valence-electron chi connectivity index (χ4n) is 5.66. The SMILES string of the molecule is C[C@@H](O)[C@H](N)C(=O)N[C@@H](CCCCNC(=O)OCc1ccccc1)C(=O)N1CCC[C@H]1C(=O)N[C@@H](CCCN=C(N)N[N+](=O)[O-])C(=O)OCc1ccccc1. The van der Waals surface area contributed by atoms with E-state index < -0.39 is 71.0 Å². The molecule has 1 aliphatic rings. The summed E-state index contributed by atoms with van der Waals surface area (Å²) in [6.45, 7) is 1.82. The van der Waals surface area contributed by atoms with Crippen molar-refractivity contribution in [2.45, 2.75) is 95.4 Å². The first kappa shape index (κ1) is 43.6. The second-order valence-electron chi connectivity index (χ2n) is 12.9. The smallest absolute Gasteiger partial charge is 0.407 e. The molecule has 0 aromatic heterocycles. The molecule has 0 radical (unpaired) electrons. The molecule has 1 saturated heterocycles. The summed E-state index contributed by atoms with van der Waals surface area (Å²) in [5.74, 6) is -3.08. The molecule has 19 nitrogen and oxygen atoms in total. The quantitative estimate of drug-likeness (QED) is 0.0226. The van der Waals surface area contributed by atoms with Crippen molar-refractivity contribution in [3.63, 3.8) is 0 Å². The molecule has 5 atom stereocenters. The Kier molecular flexibility index (Phi) is 18.3. The molecule has 9 N–H and O–H groups in total. The van der Waals surface area contributed by atoms with Gasteiger partial charge in [0.1, 0.15) is 37.4 Å². The number of hydrogen-bond donors (Lipinski definition) is 7. The number of carbonyl (C=O) groups is 5. The first-order valence-corrected chi connectivity index (χ1v) is 18.1. The number of carbonyl (C=O) groups excluding carboxylic acids is 5. The summed E-state index contributed by atoms with van der Waals surface area (Å²) in [4.78, 5) is 81.7. The number of alkyl carbamates (subject to hydrolysis) is 1. The monoisotopic (exact) mass is 769 g/mol. The number of hydrogen-bond acceptors (Lipinski definition) is 12. The van der Waals surface area contributed by atoms with Crippen LogP contribution in [0.1, 0.15) is 63.0 Å². The summed E-state index contributed by atoms with van der Waals surface area (Å²) >= 11 is 0. The number of hydrazine groups is 1. The van der Waals surface area contributed by atoms with Crippen LogP contribution in [0.3, 0.4) is 0 Å². The van der Waals surface area contributed by atoms with Crippen molar-refractivity contribution < 1.29 is 43.6 Å². The zero-order chi connectivity index (χ0) is 40.2. The molecule has 55 heavy (non-hydrogen) atoms. The maximum Gasteiger partial charge on any atom is 0.407 e. The van der Waals surface area contributed by atoms with Crippen molar-refractivity contribution in [1.82, 2.24) is 26.3 Å². The summed E-state index contributed by atoms with van der Waals surface area (Å²) in [7, 11) is 0. The van der Waals surface area contributed by atoms with Gasteiger partial charge in [-0.2, -0.15) is 0 Å². The number of unbranched alkanes of at least 4 members (excludes halogenated alkanes) is 1. The van der Waals surface area contributed by atoms with Crippen LogP contribution in [0.2, 0.25) is 0 Å². The summed E-state index contributed by atoms with van der Waals surface area (Å²) in [5.41, 5.74) is 14.6. The van der Waals surface area contributed by atoms with E-state index in [9.17, 15) is 39.2 Å². The van der Waals surface area contributed by atoms with Crippen molar-refractivity contribution in [3.05, 3.63) is 81.9 Å². The fourth-order valence-corrected chi connectivity index (χ4v) is 5.66. The van der Waals surface area contributed by atoms with Gasteiger partial charge in [-0.25, -0.2) is 24.7 Å². The molecule has 4 amide bonds. The number of nitro groups is 1. The molecule has 0 unspecified atom stereocenters. The van der Waals surface area contributed by atoms with E-state index in [2.05, 4.69) is 20.9 Å². The van der Waals surface area contributed by atoms with Gasteiger partial charge in [0.05, 0.1) is 6.10 Å². The lowest BCUT2D eigenvalue weighted by Gasteiger charge is -2.30. The van der Waals surface area contributed by atoms with Crippen LogP contribution in [0.5, 0.6) is 0 Å². The van der Waals surface area contributed by atoms with Crippen LogP contribution >= 0.6 is 0 Å². The van der Waals surface area contributed by atoms with Crippen molar-refractivity contribution >= 4 is 35.7 Å². The van der Waals surface area contributed by atoms with E-state index in [1.54, 1.807) is 29.7 Å². The number of nitrogens with zero attached hydrogens (tertiary/aromatic N) is 3. The summed E-state index contributed by atoms with van der Waals surface area (Å²) in [6, 6.07) is 13.5. The maximum atomic E-state index is 14.0. The van der Waals surface area contributed by atoms with Gasteiger partial charge in [-0.15, -0.1) is 0 Å². The molecule has 1 fully saturated rings. The lowest BCUT2D eigenvalue weighted by Crippen LogP contribution is -2.57. The number of benzene rings is 2. The van der Waals surface area contributed by atoms with Gasteiger partial charge in [-0.3, -0.25) is 14.4 Å². The highest BCUT2D eigenvalue weighted by atomic mass is 16.7. The Bertz CT molecular complexity index is 1600. The van der Waals surface area contributed by atoms with Crippen LogP contribution in [0.4, 0.5) is 4.79 Å². The van der Waals surface area contributed by atoms with Crippen molar-refractivity contribution in [1.29, 1.82) is 0 Å². The molecule has 0 spiro atoms. The topological polar surface area (TPSA) is 283 Å². The summed E-state index contributed by atoms with van der Waals surface area (Å²) in [5, 5.41) is 27.6. The zero-order valence-electron chi connectivity index (χ0n) is 30.8. The summed E-state index contributed by atoms with van der Waals surface area (Å²) in [6.07, 6.45) is 0.108. The largest absolute Gasteiger partial charge is 0.459 e. The van der Waals surface area contributed by atoms with E-state index in [-0.39, 0.29) is 58.5 Å². The predicted octanol–water partition coefficient (Wildman–Crippen LogP) is 0.371. The second-order valence-corrected chi connectivity index (χ2v) is 12.9. The Labute approximate surface area is 318 Å². The number of aliphatic hydroxyl groups is 1. The van der Waals surface area contributed by atoms with Crippen molar-refractivity contribution in [2.75, 3.05) is 19.6 Å². The van der Waals surface area contributed by atoms with Crippen LogP contribution in [0.25, 0.3) is 0 Å². The Morgan fingerprint density at radius 2 is 1.56 bits per heavy atom. The van der Waals surface area contributed by atoms with Crippen LogP contribution in [0.15, 0.2) is 65.7 Å². The fraction of sp³-hybridized carbons (Fsp3) is 0.500. The Balaban J connectivity index is 1.64. The van der Waals surface area contributed by atoms with Crippen LogP contribution in [-0.2, 0) is 41.9 Å². The normalized spacial score (nSPS) is 16.2. The first-order valence-electron chi connectivity index (χ1n) is 18.1. The molecular formula is C36H51N9O10. The lowest BCUT2D eigenvalue weighted by molar-refractivity contribution is -0.525. The molecule has 0 bridgehead atoms. The molecule has 19 heteroatoms. The third-order valence-electron chi connectivity index (χ3n) is 8.64. The predicted molar refractivity (Wildman–Crippen MR) is 199 cm³/mol. The maximum absolute atomic E-state index is 14.0. The molecule has 1 heterocycles. The number of aliphatic hydroxyl groups excluding tert-OH is 1. The zero-order valence-corrected chi connectivity index (χ0v) is 30.8. The molecule has 0 aliphatic carbocycles. The van der Waals surface area contributed by atoms with E-state index in [1.165, 1.54) is 11.8 Å². The number of likely N-dealkylation sites (tertiary alicyclic amines) is 1. The van der Waals surface area contributed by atoms with Gasteiger partial charge in [0.15, 0.2) is 5.03 Å². The molecule has 0 saturated carbocycles. The number of ether oxygens (including phenoxy) is 2. The van der Waals surface area contributed by atoms with Gasteiger partial charge in [0.25, 0.3) is 5.96 Å². The number of rotatable bonds is 21. The van der Waals surface area contributed by atoms with Crippen molar-refractivity contribution in [2.24, 2.45) is 16.5 Å². The van der Waals surface area contributed by atoms with Gasteiger partial charge in [-0.05, 0) is 63.0 Å². The van der Waals surface area contributed by atoms with Crippen LogP contribution in [0, 0.1) is 10.1 Å².